The molecular formula is C10H19N4O2P. The van der Waals surface area contributed by atoms with Crippen molar-refractivity contribution in [1.82, 2.24) is 10.2 Å². The van der Waals surface area contributed by atoms with Crippen LogP contribution in [0.4, 0.5) is 0 Å². The number of rotatable bonds is 8. The lowest BCUT2D eigenvalue weighted by Crippen LogP contribution is -2.32. The molecule has 0 unspecified atom stereocenters. The maximum Gasteiger partial charge on any atom is 0.390 e. The summed E-state index contributed by atoms with van der Waals surface area (Å²) in [6.45, 7) is 1.57. The molecule has 0 amide bonds. The highest BCUT2D eigenvalue weighted by molar-refractivity contribution is 7.55. The molecule has 6 nitrogen and oxygen atoms in total. The predicted octanol–water partition coefficient (Wildman–Crippen LogP) is 0.270. The number of hydrogen-bond acceptors (Lipinski definition) is 4. The summed E-state index contributed by atoms with van der Waals surface area (Å²) in [5.74, 6) is 0.532. The highest BCUT2D eigenvalue weighted by Gasteiger charge is 2.22. The predicted molar refractivity (Wildman–Crippen MR) is 68.8 cm³/mol. The Morgan fingerprint density at radius 2 is 1.59 bits per heavy atom. The van der Waals surface area contributed by atoms with Crippen LogP contribution in [0.25, 0.3) is 0 Å². The van der Waals surface area contributed by atoms with E-state index in [1.54, 1.807) is 12.1 Å². The van der Waals surface area contributed by atoms with Gasteiger partial charge in [0, 0.05) is 26.2 Å². The second-order valence-corrected chi connectivity index (χ2v) is 5.27. The topological polar surface area (TPSA) is 102 Å². The standard InChI is InChI=1S/C10H19N4O2P/c11-6-8-13-17(15,14-9-7-12)16-10-4-2-1-3-5-10/h1-5H,6-9,11-12H2,(H2,13,14,15). The van der Waals surface area contributed by atoms with Crippen LogP contribution < -0.4 is 26.2 Å². The Bertz CT molecular complexity index is 349. The minimum Gasteiger partial charge on any atom is -0.422 e. The van der Waals surface area contributed by atoms with Gasteiger partial charge in [-0.2, -0.15) is 0 Å². The summed E-state index contributed by atoms with van der Waals surface area (Å²) in [4.78, 5) is 0. The van der Waals surface area contributed by atoms with Gasteiger partial charge in [0.15, 0.2) is 0 Å². The van der Waals surface area contributed by atoms with Crippen LogP contribution in [-0.2, 0) is 4.57 Å². The molecule has 0 radical (unpaired) electrons. The molecule has 0 aliphatic heterocycles. The fourth-order valence-corrected chi connectivity index (χ4v) is 2.68. The van der Waals surface area contributed by atoms with Crippen LogP contribution in [0.15, 0.2) is 30.3 Å². The van der Waals surface area contributed by atoms with Crippen molar-refractivity contribution in [1.29, 1.82) is 0 Å². The van der Waals surface area contributed by atoms with Gasteiger partial charge in [0.05, 0.1) is 0 Å². The lowest BCUT2D eigenvalue weighted by atomic mass is 10.3. The normalized spacial score (nSPS) is 11.4. The van der Waals surface area contributed by atoms with E-state index in [4.69, 9.17) is 16.0 Å². The van der Waals surface area contributed by atoms with Crippen molar-refractivity contribution >= 4 is 7.67 Å². The summed E-state index contributed by atoms with van der Waals surface area (Å²) in [6, 6.07) is 8.96. The second-order valence-electron chi connectivity index (χ2n) is 3.35. The molecule has 7 heteroatoms. The van der Waals surface area contributed by atoms with E-state index in [0.717, 1.165) is 0 Å². The van der Waals surface area contributed by atoms with Gasteiger partial charge in [0.2, 0.25) is 0 Å². The van der Waals surface area contributed by atoms with E-state index in [9.17, 15) is 4.57 Å². The van der Waals surface area contributed by atoms with Gasteiger partial charge in [0.1, 0.15) is 5.75 Å². The van der Waals surface area contributed by atoms with Crippen molar-refractivity contribution in [2.75, 3.05) is 26.2 Å². The molecule has 1 aromatic carbocycles. The zero-order valence-electron chi connectivity index (χ0n) is 9.63. The van der Waals surface area contributed by atoms with Crippen molar-refractivity contribution in [3.05, 3.63) is 30.3 Å². The van der Waals surface area contributed by atoms with E-state index < -0.39 is 7.67 Å². The molecular weight excluding hydrogens is 239 g/mol. The molecule has 0 aliphatic rings. The average Bonchev–Trinajstić information content (AvgIpc) is 2.35. The molecule has 0 heterocycles. The summed E-state index contributed by atoms with van der Waals surface area (Å²) >= 11 is 0. The van der Waals surface area contributed by atoms with Crippen molar-refractivity contribution < 1.29 is 9.09 Å². The van der Waals surface area contributed by atoms with E-state index in [1.807, 2.05) is 18.2 Å². The van der Waals surface area contributed by atoms with Gasteiger partial charge in [-0.3, -0.25) is 0 Å². The van der Waals surface area contributed by atoms with E-state index in [2.05, 4.69) is 10.2 Å². The number of nitrogens with one attached hydrogen (secondary N) is 2. The Balaban J connectivity index is 2.65. The van der Waals surface area contributed by atoms with Crippen LogP contribution >= 0.6 is 7.67 Å². The van der Waals surface area contributed by atoms with Gasteiger partial charge in [-0.25, -0.2) is 14.7 Å². The number of para-hydroxylation sites is 1. The summed E-state index contributed by atoms with van der Waals surface area (Å²) in [5.41, 5.74) is 10.7. The Morgan fingerprint density at radius 3 is 2.06 bits per heavy atom. The first-order valence-electron chi connectivity index (χ1n) is 5.45. The first kappa shape index (κ1) is 14.2. The van der Waals surface area contributed by atoms with Crippen molar-refractivity contribution in [3.8, 4) is 5.75 Å². The Hall–Kier alpha value is -0.910. The second kappa shape index (κ2) is 7.42. The third-order valence-electron chi connectivity index (χ3n) is 1.91. The molecule has 1 rings (SSSR count). The average molecular weight is 258 g/mol. The van der Waals surface area contributed by atoms with Gasteiger partial charge >= 0.3 is 7.67 Å². The molecule has 96 valence electrons. The minimum absolute atomic E-state index is 0.381. The molecule has 0 aliphatic carbocycles. The number of nitrogens with two attached hydrogens (primary N) is 2. The molecule has 0 saturated carbocycles. The third-order valence-corrected chi connectivity index (χ3v) is 3.65. The summed E-state index contributed by atoms with van der Waals surface area (Å²) < 4.78 is 17.8. The highest BCUT2D eigenvalue weighted by Crippen LogP contribution is 2.37. The third kappa shape index (κ3) is 5.30. The SMILES string of the molecule is NCCNP(=O)(NCCN)Oc1ccccc1. The number of benzene rings is 1. The first-order valence-corrected chi connectivity index (χ1v) is 7.08. The summed E-state index contributed by atoms with van der Waals surface area (Å²) in [6.07, 6.45) is 0. The fourth-order valence-electron chi connectivity index (χ4n) is 1.17. The van der Waals surface area contributed by atoms with Crippen molar-refractivity contribution in [2.24, 2.45) is 11.5 Å². The van der Waals surface area contributed by atoms with E-state index in [1.165, 1.54) is 0 Å². The van der Waals surface area contributed by atoms with Gasteiger partial charge < -0.3 is 16.0 Å². The van der Waals surface area contributed by atoms with Crippen molar-refractivity contribution in [2.45, 2.75) is 0 Å². The van der Waals surface area contributed by atoms with Gasteiger partial charge in [-0.15, -0.1) is 0 Å². The lowest BCUT2D eigenvalue weighted by molar-refractivity contribution is 0.453. The van der Waals surface area contributed by atoms with E-state index in [0.29, 0.717) is 31.9 Å². The fraction of sp³-hybridized carbons (Fsp3) is 0.400. The Morgan fingerprint density at radius 1 is 1.06 bits per heavy atom. The number of hydrogen-bond donors (Lipinski definition) is 4. The van der Waals surface area contributed by atoms with E-state index >= 15 is 0 Å². The molecule has 17 heavy (non-hydrogen) atoms. The van der Waals surface area contributed by atoms with Crippen molar-refractivity contribution in [3.63, 3.8) is 0 Å². The monoisotopic (exact) mass is 258 g/mol. The zero-order valence-corrected chi connectivity index (χ0v) is 10.5. The smallest absolute Gasteiger partial charge is 0.390 e. The van der Waals surface area contributed by atoms with E-state index in [-0.39, 0.29) is 0 Å². The molecule has 0 spiro atoms. The Kier molecular flexibility index (Phi) is 6.18. The molecule has 0 saturated heterocycles. The van der Waals surface area contributed by atoms with Crippen LogP contribution in [0.2, 0.25) is 0 Å². The largest absolute Gasteiger partial charge is 0.422 e. The summed E-state index contributed by atoms with van der Waals surface area (Å²) in [7, 11) is -3.13. The van der Waals surface area contributed by atoms with Gasteiger partial charge in [-0.05, 0) is 12.1 Å². The molecule has 0 aromatic heterocycles. The molecule has 0 fully saturated rings. The highest BCUT2D eigenvalue weighted by atomic mass is 31.2. The maximum atomic E-state index is 12.3. The minimum atomic E-state index is -3.13. The van der Waals surface area contributed by atoms with Crippen LogP contribution in [0, 0.1) is 0 Å². The Labute approximate surface area is 101 Å². The first-order chi connectivity index (χ1) is 8.20. The van der Waals surface area contributed by atoms with Crippen LogP contribution in [-0.4, -0.2) is 26.2 Å². The maximum absolute atomic E-state index is 12.3. The van der Waals surface area contributed by atoms with Crippen LogP contribution in [0.3, 0.4) is 0 Å². The lowest BCUT2D eigenvalue weighted by Gasteiger charge is -2.20. The van der Waals surface area contributed by atoms with Crippen LogP contribution in [0.1, 0.15) is 0 Å². The zero-order chi connectivity index (χ0) is 12.6. The molecule has 6 N–H and O–H groups in total. The molecule has 0 bridgehead atoms. The quantitative estimate of drug-likeness (QED) is 0.499. The van der Waals surface area contributed by atoms with Crippen LogP contribution in [0.5, 0.6) is 5.75 Å². The summed E-state index contributed by atoms with van der Waals surface area (Å²) in [5, 5.41) is 5.54. The molecule has 1 aromatic rings. The van der Waals surface area contributed by atoms with Gasteiger partial charge in [-0.1, -0.05) is 18.2 Å². The molecule has 0 atom stereocenters. The van der Waals surface area contributed by atoms with Gasteiger partial charge in [0.25, 0.3) is 0 Å².